The maximum absolute atomic E-state index is 10.3. The number of methoxy groups -OCH3 is 1. The minimum absolute atomic E-state index is 0.0418. The number of benzene rings is 2. The third-order valence-electron chi connectivity index (χ3n) is 3.39. The average molecular weight is 270 g/mol. The molecule has 0 unspecified atom stereocenters. The van der Waals surface area contributed by atoms with Crippen LogP contribution in [0.4, 0.5) is 0 Å². The van der Waals surface area contributed by atoms with E-state index in [-0.39, 0.29) is 11.5 Å². The van der Waals surface area contributed by atoms with Crippen LogP contribution in [-0.4, -0.2) is 17.3 Å². The Balaban J connectivity index is 2.24. The first-order chi connectivity index (χ1) is 9.61. The number of phenols is 2. The van der Waals surface area contributed by atoms with Crippen molar-refractivity contribution >= 4 is 12.2 Å². The van der Waals surface area contributed by atoms with E-state index >= 15 is 0 Å². The Morgan fingerprint density at radius 2 is 1.95 bits per heavy atom. The number of hydrogen-bond acceptors (Lipinski definition) is 4. The molecule has 0 bridgehead atoms. The lowest BCUT2D eigenvalue weighted by Crippen LogP contribution is -1.94. The summed E-state index contributed by atoms with van der Waals surface area (Å²) in [6, 6.07) is 6.83. The highest BCUT2D eigenvalue weighted by molar-refractivity contribution is 5.82. The van der Waals surface area contributed by atoms with E-state index in [0.717, 1.165) is 0 Å². The van der Waals surface area contributed by atoms with Crippen LogP contribution in [-0.2, 0) is 0 Å². The van der Waals surface area contributed by atoms with Gasteiger partial charge in [-0.25, -0.2) is 0 Å². The second kappa shape index (κ2) is 4.49. The van der Waals surface area contributed by atoms with Gasteiger partial charge in [-0.1, -0.05) is 12.1 Å². The topological polar surface area (TPSA) is 58.9 Å². The van der Waals surface area contributed by atoms with Crippen molar-refractivity contribution in [3.8, 4) is 28.7 Å². The molecule has 0 atom stereocenters. The molecule has 1 aliphatic rings. The zero-order valence-electron chi connectivity index (χ0n) is 11.2. The summed E-state index contributed by atoms with van der Waals surface area (Å²) >= 11 is 0. The van der Waals surface area contributed by atoms with Crippen LogP contribution >= 0.6 is 0 Å². The molecule has 4 heteroatoms. The molecule has 0 amide bonds. The second-order valence-corrected chi connectivity index (χ2v) is 4.60. The van der Waals surface area contributed by atoms with Crippen LogP contribution in [0.3, 0.4) is 0 Å². The molecular weight excluding hydrogens is 256 g/mol. The van der Waals surface area contributed by atoms with Crippen molar-refractivity contribution in [1.82, 2.24) is 0 Å². The zero-order chi connectivity index (χ0) is 14.3. The first-order valence-corrected chi connectivity index (χ1v) is 6.20. The fourth-order valence-corrected chi connectivity index (χ4v) is 2.25. The van der Waals surface area contributed by atoms with Crippen LogP contribution in [0.5, 0.6) is 28.7 Å². The first-order valence-electron chi connectivity index (χ1n) is 6.20. The number of aromatic hydroxyl groups is 2. The van der Waals surface area contributed by atoms with Crippen LogP contribution in [0.2, 0.25) is 0 Å². The van der Waals surface area contributed by atoms with Crippen molar-refractivity contribution in [2.45, 2.75) is 6.92 Å². The minimum Gasteiger partial charge on any atom is -0.507 e. The van der Waals surface area contributed by atoms with Gasteiger partial charge in [0, 0.05) is 11.1 Å². The summed E-state index contributed by atoms with van der Waals surface area (Å²) in [5.74, 6) is 1.63. The molecular formula is C16H14O4. The van der Waals surface area contributed by atoms with E-state index in [1.165, 1.54) is 0 Å². The quantitative estimate of drug-likeness (QED) is 0.708. The van der Waals surface area contributed by atoms with Crippen LogP contribution in [0.15, 0.2) is 24.3 Å². The van der Waals surface area contributed by atoms with Crippen LogP contribution in [0.25, 0.3) is 12.2 Å². The molecule has 20 heavy (non-hydrogen) atoms. The number of ether oxygens (including phenoxy) is 2. The summed E-state index contributed by atoms with van der Waals surface area (Å²) in [6.07, 6.45) is 3.54. The molecule has 2 N–H and O–H groups in total. The summed E-state index contributed by atoms with van der Waals surface area (Å²) in [4.78, 5) is 0. The van der Waals surface area contributed by atoms with Crippen molar-refractivity contribution in [3.63, 3.8) is 0 Å². The second-order valence-electron chi connectivity index (χ2n) is 4.60. The Kier molecular flexibility index (Phi) is 2.79. The first kappa shape index (κ1) is 12.4. The van der Waals surface area contributed by atoms with E-state index < -0.39 is 0 Å². The van der Waals surface area contributed by atoms with E-state index in [1.54, 1.807) is 50.5 Å². The van der Waals surface area contributed by atoms with Crippen molar-refractivity contribution in [2.24, 2.45) is 0 Å². The highest BCUT2D eigenvalue weighted by atomic mass is 16.5. The Hall–Kier alpha value is -2.62. The molecule has 0 saturated heterocycles. The van der Waals surface area contributed by atoms with Gasteiger partial charge in [-0.05, 0) is 31.2 Å². The Morgan fingerprint density at radius 3 is 2.70 bits per heavy atom. The SMILES string of the molecule is COc1cc2c(c(O)c1C)Oc1cccc(O)c1C=C2. The van der Waals surface area contributed by atoms with E-state index in [0.29, 0.717) is 33.9 Å². The van der Waals surface area contributed by atoms with Gasteiger partial charge in [0.15, 0.2) is 11.5 Å². The lowest BCUT2D eigenvalue weighted by atomic mass is 10.1. The fraction of sp³-hybridized carbons (Fsp3) is 0.125. The van der Waals surface area contributed by atoms with Crippen LogP contribution in [0.1, 0.15) is 16.7 Å². The maximum Gasteiger partial charge on any atom is 0.176 e. The summed E-state index contributed by atoms with van der Waals surface area (Å²) in [5, 5.41) is 20.1. The van der Waals surface area contributed by atoms with E-state index in [9.17, 15) is 10.2 Å². The molecule has 0 aromatic heterocycles. The highest BCUT2D eigenvalue weighted by Gasteiger charge is 2.20. The number of phenolic OH excluding ortho intramolecular Hbond substituents is 2. The minimum atomic E-state index is 0.0418. The summed E-state index contributed by atoms with van der Waals surface area (Å²) in [6.45, 7) is 1.76. The Bertz CT molecular complexity index is 717. The average Bonchev–Trinajstić information content (AvgIpc) is 2.63. The number of fused-ring (bicyclic) bond motifs is 2. The maximum atomic E-state index is 10.3. The molecule has 0 radical (unpaired) electrons. The van der Waals surface area contributed by atoms with Gasteiger partial charge in [0.05, 0.1) is 12.7 Å². The van der Waals surface area contributed by atoms with Gasteiger partial charge in [-0.15, -0.1) is 0 Å². The van der Waals surface area contributed by atoms with Crippen molar-refractivity contribution in [3.05, 3.63) is 41.0 Å². The lowest BCUT2D eigenvalue weighted by molar-refractivity contribution is 0.384. The van der Waals surface area contributed by atoms with Gasteiger partial charge < -0.3 is 19.7 Å². The molecule has 2 aromatic carbocycles. The van der Waals surface area contributed by atoms with Crippen LogP contribution < -0.4 is 9.47 Å². The van der Waals surface area contributed by atoms with Gasteiger partial charge in [-0.2, -0.15) is 0 Å². The molecule has 1 aliphatic heterocycles. The summed E-state index contributed by atoms with van der Waals surface area (Å²) < 4.78 is 11.0. The standard InChI is InChI=1S/C16H14O4/c1-9-14(19-2)8-10-6-7-11-12(17)4-3-5-13(11)20-16(10)15(9)18/h3-8,17-18H,1-2H3. The molecule has 0 fully saturated rings. The van der Waals surface area contributed by atoms with Crippen molar-refractivity contribution < 1.29 is 19.7 Å². The van der Waals surface area contributed by atoms with Crippen molar-refractivity contribution in [2.75, 3.05) is 7.11 Å². The van der Waals surface area contributed by atoms with Gasteiger partial charge in [0.2, 0.25) is 0 Å². The largest absolute Gasteiger partial charge is 0.507 e. The number of rotatable bonds is 1. The molecule has 4 nitrogen and oxygen atoms in total. The number of hydrogen-bond donors (Lipinski definition) is 2. The van der Waals surface area contributed by atoms with Crippen molar-refractivity contribution in [1.29, 1.82) is 0 Å². The zero-order valence-corrected chi connectivity index (χ0v) is 11.2. The third kappa shape index (κ3) is 1.77. The van der Waals surface area contributed by atoms with Gasteiger partial charge in [0.1, 0.15) is 17.2 Å². The Morgan fingerprint density at radius 1 is 1.15 bits per heavy atom. The molecule has 0 saturated carbocycles. The van der Waals surface area contributed by atoms with Crippen LogP contribution in [0, 0.1) is 6.92 Å². The van der Waals surface area contributed by atoms with E-state index in [2.05, 4.69) is 0 Å². The summed E-state index contributed by atoms with van der Waals surface area (Å²) in [7, 11) is 1.55. The lowest BCUT2D eigenvalue weighted by Gasteiger charge is -2.14. The third-order valence-corrected chi connectivity index (χ3v) is 3.39. The molecule has 0 aliphatic carbocycles. The highest BCUT2D eigenvalue weighted by Crippen LogP contribution is 2.46. The summed E-state index contributed by atoms with van der Waals surface area (Å²) in [5.41, 5.74) is 1.89. The predicted molar refractivity (Wildman–Crippen MR) is 76.5 cm³/mol. The Labute approximate surface area is 116 Å². The molecule has 2 aromatic rings. The monoisotopic (exact) mass is 270 g/mol. The normalized spacial score (nSPS) is 12.1. The molecule has 1 heterocycles. The predicted octanol–water partition coefficient (Wildman–Crippen LogP) is 3.69. The smallest absolute Gasteiger partial charge is 0.176 e. The fourth-order valence-electron chi connectivity index (χ4n) is 2.25. The van der Waals surface area contributed by atoms with Gasteiger partial charge in [-0.3, -0.25) is 0 Å². The molecule has 3 rings (SSSR count). The van der Waals surface area contributed by atoms with Gasteiger partial charge in [0.25, 0.3) is 0 Å². The molecule has 102 valence electrons. The van der Waals surface area contributed by atoms with Gasteiger partial charge >= 0.3 is 0 Å². The van der Waals surface area contributed by atoms with E-state index in [4.69, 9.17) is 9.47 Å². The molecule has 0 spiro atoms. The van der Waals surface area contributed by atoms with E-state index in [1.807, 2.05) is 0 Å².